The molecule has 1 aliphatic heterocycles. The summed E-state index contributed by atoms with van der Waals surface area (Å²) in [5.74, 6) is 0.829. The predicted molar refractivity (Wildman–Crippen MR) is 78.5 cm³/mol. The van der Waals surface area contributed by atoms with Gasteiger partial charge in [-0.1, -0.05) is 12.1 Å². The Morgan fingerprint density at radius 2 is 2.05 bits per heavy atom. The van der Waals surface area contributed by atoms with Crippen LogP contribution in [0.15, 0.2) is 18.2 Å². The van der Waals surface area contributed by atoms with Gasteiger partial charge in [0.05, 0.1) is 0 Å². The average Bonchev–Trinajstić information content (AvgIpc) is 2.43. The number of carbonyl (C=O) groups is 1. The average molecular weight is 260 g/mol. The molecule has 0 unspecified atom stereocenters. The van der Waals surface area contributed by atoms with Crippen molar-refractivity contribution in [3.63, 3.8) is 0 Å². The molecule has 0 atom stereocenters. The van der Waals surface area contributed by atoms with Crippen LogP contribution < -0.4 is 10.6 Å². The van der Waals surface area contributed by atoms with Gasteiger partial charge in [-0.15, -0.1) is 0 Å². The fraction of sp³-hybridized carbons (Fsp3) is 0.562. The summed E-state index contributed by atoms with van der Waals surface area (Å²) in [4.78, 5) is 12.1. The summed E-state index contributed by atoms with van der Waals surface area (Å²) in [6, 6.07) is 5.90. The molecule has 0 saturated carbocycles. The van der Waals surface area contributed by atoms with E-state index in [1.807, 2.05) is 32.0 Å². The molecule has 1 amide bonds. The molecule has 0 bridgehead atoms. The van der Waals surface area contributed by atoms with E-state index in [2.05, 4.69) is 10.6 Å². The number of rotatable bonds is 4. The van der Waals surface area contributed by atoms with E-state index in [-0.39, 0.29) is 5.91 Å². The third-order valence-corrected chi connectivity index (χ3v) is 4.15. The summed E-state index contributed by atoms with van der Waals surface area (Å²) in [5, 5.41) is 6.42. The van der Waals surface area contributed by atoms with Crippen molar-refractivity contribution >= 4 is 5.91 Å². The Hall–Kier alpha value is -1.35. The normalized spacial score (nSPS) is 16.3. The van der Waals surface area contributed by atoms with Crippen molar-refractivity contribution in [2.24, 2.45) is 5.92 Å². The summed E-state index contributed by atoms with van der Waals surface area (Å²) >= 11 is 0. The van der Waals surface area contributed by atoms with E-state index < -0.39 is 0 Å². The second kappa shape index (κ2) is 6.71. The van der Waals surface area contributed by atoms with E-state index in [1.54, 1.807) is 0 Å². The van der Waals surface area contributed by atoms with E-state index in [0.29, 0.717) is 0 Å². The van der Waals surface area contributed by atoms with Gasteiger partial charge >= 0.3 is 0 Å². The van der Waals surface area contributed by atoms with E-state index in [0.717, 1.165) is 43.1 Å². The fourth-order valence-electron chi connectivity index (χ4n) is 2.65. The van der Waals surface area contributed by atoms with Gasteiger partial charge in [0.15, 0.2) is 0 Å². The highest BCUT2D eigenvalue weighted by atomic mass is 16.1. The Labute approximate surface area is 115 Å². The maximum absolute atomic E-state index is 12.1. The molecule has 0 aliphatic carbocycles. The quantitative estimate of drug-likeness (QED) is 0.873. The minimum absolute atomic E-state index is 0.0649. The first-order valence-corrected chi connectivity index (χ1v) is 7.23. The predicted octanol–water partition coefficient (Wildman–Crippen LogP) is 2.42. The number of aryl methyl sites for hydroxylation is 1. The van der Waals surface area contributed by atoms with Crippen LogP contribution in [0.2, 0.25) is 0 Å². The van der Waals surface area contributed by atoms with E-state index >= 15 is 0 Å². The molecular formula is C16H24N2O. The van der Waals surface area contributed by atoms with Crippen LogP contribution in [0.25, 0.3) is 0 Å². The van der Waals surface area contributed by atoms with E-state index in [1.165, 1.54) is 18.4 Å². The summed E-state index contributed by atoms with van der Waals surface area (Å²) in [5.41, 5.74) is 3.07. The molecule has 3 heteroatoms. The van der Waals surface area contributed by atoms with Crippen LogP contribution in [0.4, 0.5) is 0 Å². The number of piperidine rings is 1. The molecule has 1 fully saturated rings. The third-order valence-electron chi connectivity index (χ3n) is 4.15. The number of carbonyl (C=O) groups excluding carboxylic acids is 1. The second-order valence-corrected chi connectivity index (χ2v) is 5.49. The maximum Gasteiger partial charge on any atom is 0.251 e. The van der Waals surface area contributed by atoms with Crippen LogP contribution in [0.3, 0.4) is 0 Å². The fourth-order valence-corrected chi connectivity index (χ4v) is 2.65. The topological polar surface area (TPSA) is 41.1 Å². The van der Waals surface area contributed by atoms with Crippen LogP contribution in [0, 0.1) is 19.8 Å². The van der Waals surface area contributed by atoms with Gasteiger partial charge in [0, 0.05) is 12.1 Å². The van der Waals surface area contributed by atoms with Gasteiger partial charge in [-0.25, -0.2) is 0 Å². The monoisotopic (exact) mass is 260 g/mol. The second-order valence-electron chi connectivity index (χ2n) is 5.49. The lowest BCUT2D eigenvalue weighted by molar-refractivity contribution is 0.0950. The van der Waals surface area contributed by atoms with Gasteiger partial charge in [-0.05, 0) is 69.3 Å². The van der Waals surface area contributed by atoms with Gasteiger partial charge in [0.2, 0.25) is 0 Å². The maximum atomic E-state index is 12.1. The molecule has 104 valence electrons. The molecule has 1 aromatic carbocycles. The summed E-state index contributed by atoms with van der Waals surface area (Å²) in [6.07, 6.45) is 3.57. The smallest absolute Gasteiger partial charge is 0.251 e. The van der Waals surface area contributed by atoms with Crippen molar-refractivity contribution in [3.8, 4) is 0 Å². The van der Waals surface area contributed by atoms with Crippen molar-refractivity contribution in [3.05, 3.63) is 34.9 Å². The Bertz CT molecular complexity index is 436. The summed E-state index contributed by atoms with van der Waals surface area (Å²) < 4.78 is 0. The first kappa shape index (κ1) is 14.1. The molecule has 3 nitrogen and oxygen atoms in total. The summed E-state index contributed by atoms with van der Waals surface area (Å²) in [7, 11) is 0. The van der Waals surface area contributed by atoms with Crippen molar-refractivity contribution < 1.29 is 4.79 Å². The molecular weight excluding hydrogens is 236 g/mol. The van der Waals surface area contributed by atoms with Crippen LogP contribution in [-0.2, 0) is 0 Å². The van der Waals surface area contributed by atoms with Crippen molar-refractivity contribution in [1.82, 2.24) is 10.6 Å². The zero-order chi connectivity index (χ0) is 13.7. The van der Waals surface area contributed by atoms with Gasteiger partial charge in [0.1, 0.15) is 0 Å². The highest BCUT2D eigenvalue weighted by molar-refractivity contribution is 5.95. The minimum atomic E-state index is 0.0649. The SMILES string of the molecule is Cc1cccc(C(=O)NCCC2CCNCC2)c1C. The Balaban J connectivity index is 1.82. The lowest BCUT2D eigenvalue weighted by Gasteiger charge is -2.22. The largest absolute Gasteiger partial charge is 0.352 e. The van der Waals surface area contributed by atoms with E-state index in [9.17, 15) is 4.79 Å². The zero-order valence-electron chi connectivity index (χ0n) is 12.0. The van der Waals surface area contributed by atoms with Crippen LogP contribution in [0.5, 0.6) is 0 Å². The van der Waals surface area contributed by atoms with Gasteiger partial charge in [0.25, 0.3) is 5.91 Å². The first-order valence-electron chi connectivity index (χ1n) is 7.23. The van der Waals surface area contributed by atoms with Gasteiger partial charge < -0.3 is 10.6 Å². The Morgan fingerprint density at radius 1 is 1.32 bits per heavy atom. The van der Waals surface area contributed by atoms with Gasteiger partial charge in [-0.3, -0.25) is 4.79 Å². The molecule has 0 aromatic heterocycles. The van der Waals surface area contributed by atoms with Crippen molar-refractivity contribution in [1.29, 1.82) is 0 Å². The standard InChI is InChI=1S/C16H24N2O/c1-12-4-3-5-15(13(12)2)16(19)18-11-8-14-6-9-17-10-7-14/h3-5,14,17H,6-11H2,1-2H3,(H,18,19). The number of hydrogen-bond donors (Lipinski definition) is 2. The molecule has 19 heavy (non-hydrogen) atoms. The Morgan fingerprint density at radius 3 is 2.79 bits per heavy atom. The third kappa shape index (κ3) is 3.80. The molecule has 1 heterocycles. The highest BCUT2D eigenvalue weighted by Crippen LogP contribution is 2.15. The molecule has 2 N–H and O–H groups in total. The molecule has 2 rings (SSSR count). The lowest BCUT2D eigenvalue weighted by Crippen LogP contribution is -2.31. The van der Waals surface area contributed by atoms with Crippen LogP contribution in [-0.4, -0.2) is 25.5 Å². The van der Waals surface area contributed by atoms with Crippen LogP contribution in [0.1, 0.15) is 40.7 Å². The number of nitrogens with one attached hydrogen (secondary N) is 2. The van der Waals surface area contributed by atoms with Gasteiger partial charge in [-0.2, -0.15) is 0 Å². The first-order chi connectivity index (χ1) is 9.18. The van der Waals surface area contributed by atoms with Crippen molar-refractivity contribution in [2.45, 2.75) is 33.1 Å². The molecule has 1 aliphatic rings. The molecule has 0 radical (unpaired) electrons. The van der Waals surface area contributed by atoms with Crippen LogP contribution >= 0.6 is 0 Å². The Kier molecular flexibility index (Phi) is 4.97. The van der Waals surface area contributed by atoms with Crippen molar-refractivity contribution in [2.75, 3.05) is 19.6 Å². The minimum Gasteiger partial charge on any atom is -0.352 e. The molecule has 1 saturated heterocycles. The lowest BCUT2D eigenvalue weighted by atomic mass is 9.94. The summed E-state index contributed by atoms with van der Waals surface area (Å²) in [6.45, 7) is 7.08. The number of amides is 1. The van der Waals surface area contributed by atoms with E-state index in [4.69, 9.17) is 0 Å². The molecule has 0 spiro atoms. The highest BCUT2D eigenvalue weighted by Gasteiger charge is 2.14. The number of benzene rings is 1. The molecule has 1 aromatic rings. The zero-order valence-corrected chi connectivity index (χ0v) is 12.0. The number of hydrogen-bond acceptors (Lipinski definition) is 2.